The van der Waals surface area contributed by atoms with Gasteiger partial charge in [0.1, 0.15) is 12.0 Å². The summed E-state index contributed by atoms with van der Waals surface area (Å²) in [5.74, 6) is -4.59. The zero-order valence-electron chi connectivity index (χ0n) is 16.3. The molecule has 1 aliphatic heterocycles. The predicted molar refractivity (Wildman–Crippen MR) is 104 cm³/mol. The van der Waals surface area contributed by atoms with Crippen LogP contribution in [0.25, 0.3) is 6.08 Å². The van der Waals surface area contributed by atoms with E-state index < -0.39 is 46.1 Å². The maximum Gasteiger partial charge on any atom is 0.330 e. The molecule has 0 saturated carbocycles. The highest BCUT2D eigenvalue weighted by Gasteiger charge is 2.46. The standard InChI is InChI=1S/C20H17NO10/c1-29-16(25)4-3-9-5-11-17(20(26)30-2)19(31-18(11)15(24)6-9)10-7-13(22)14(23)8-12(10)21(27)28/h3-8,17,19,22-24H,1-2H3/b4-3+. The number of benzene rings is 2. The van der Waals surface area contributed by atoms with E-state index in [4.69, 9.17) is 9.47 Å². The third-order valence-electron chi connectivity index (χ3n) is 4.70. The summed E-state index contributed by atoms with van der Waals surface area (Å²) in [5, 5.41) is 41.4. The van der Waals surface area contributed by atoms with Gasteiger partial charge in [-0.25, -0.2) is 4.79 Å². The number of ether oxygens (including phenoxy) is 3. The molecule has 0 bridgehead atoms. The lowest BCUT2D eigenvalue weighted by molar-refractivity contribution is -0.386. The molecule has 3 N–H and O–H groups in total. The zero-order valence-corrected chi connectivity index (χ0v) is 16.3. The van der Waals surface area contributed by atoms with Crippen molar-refractivity contribution in [2.45, 2.75) is 12.0 Å². The minimum absolute atomic E-state index is 0.113. The molecule has 0 aliphatic carbocycles. The number of carbonyl (C=O) groups is 2. The van der Waals surface area contributed by atoms with Crippen molar-refractivity contribution in [1.29, 1.82) is 0 Å². The zero-order chi connectivity index (χ0) is 22.9. The Morgan fingerprint density at radius 3 is 2.32 bits per heavy atom. The fourth-order valence-corrected chi connectivity index (χ4v) is 3.29. The number of esters is 2. The van der Waals surface area contributed by atoms with Gasteiger partial charge in [-0.15, -0.1) is 0 Å². The van der Waals surface area contributed by atoms with Crippen molar-refractivity contribution in [3.63, 3.8) is 0 Å². The van der Waals surface area contributed by atoms with Gasteiger partial charge in [0.15, 0.2) is 23.0 Å². The third-order valence-corrected chi connectivity index (χ3v) is 4.70. The molecule has 0 spiro atoms. The van der Waals surface area contributed by atoms with Crippen LogP contribution in [0.3, 0.4) is 0 Å². The van der Waals surface area contributed by atoms with E-state index >= 15 is 0 Å². The van der Waals surface area contributed by atoms with E-state index in [-0.39, 0.29) is 22.6 Å². The Morgan fingerprint density at radius 1 is 1.03 bits per heavy atom. The summed E-state index contributed by atoms with van der Waals surface area (Å²) in [6.07, 6.45) is 1.09. The van der Waals surface area contributed by atoms with Gasteiger partial charge in [0.2, 0.25) is 0 Å². The lowest BCUT2D eigenvalue weighted by Gasteiger charge is -2.18. The lowest BCUT2D eigenvalue weighted by Crippen LogP contribution is -2.21. The van der Waals surface area contributed by atoms with E-state index in [9.17, 15) is 35.0 Å². The quantitative estimate of drug-likeness (QED) is 0.210. The monoisotopic (exact) mass is 431 g/mol. The number of nitrogens with zero attached hydrogens (tertiary/aromatic N) is 1. The summed E-state index contributed by atoms with van der Waals surface area (Å²) in [4.78, 5) is 34.6. The van der Waals surface area contributed by atoms with Gasteiger partial charge in [-0.2, -0.15) is 0 Å². The minimum atomic E-state index is -1.35. The van der Waals surface area contributed by atoms with E-state index in [1.165, 1.54) is 25.3 Å². The van der Waals surface area contributed by atoms with Crippen molar-refractivity contribution in [2.24, 2.45) is 0 Å². The second-order valence-electron chi connectivity index (χ2n) is 6.51. The van der Waals surface area contributed by atoms with Gasteiger partial charge in [0.05, 0.1) is 30.8 Å². The van der Waals surface area contributed by atoms with Crippen molar-refractivity contribution in [1.82, 2.24) is 0 Å². The molecule has 3 rings (SSSR count). The first kappa shape index (κ1) is 21.4. The summed E-state index contributed by atoms with van der Waals surface area (Å²) in [6, 6.07) is 4.35. The van der Waals surface area contributed by atoms with Crippen molar-refractivity contribution in [3.8, 4) is 23.0 Å². The number of hydrogen-bond donors (Lipinski definition) is 3. The number of phenols is 3. The van der Waals surface area contributed by atoms with Crippen molar-refractivity contribution in [3.05, 3.63) is 57.1 Å². The van der Waals surface area contributed by atoms with Crippen LogP contribution in [-0.4, -0.2) is 46.4 Å². The second-order valence-corrected chi connectivity index (χ2v) is 6.51. The second kappa shape index (κ2) is 8.22. The molecule has 0 amide bonds. The molecule has 11 heteroatoms. The Morgan fingerprint density at radius 2 is 1.71 bits per heavy atom. The van der Waals surface area contributed by atoms with E-state index in [1.807, 2.05) is 0 Å². The van der Waals surface area contributed by atoms with Gasteiger partial charge in [0, 0.05) is 11.6 Å². The van der Waals surface area contributed by atoms with Gasteiger partial charge < -0.3 is 29.5 Å². The fourth-order valence-electron chi connectivity index (χ4n) is 3.29. The maximum absolute atomic E-state index is 12.6. The van der Waals surface area contributed by atoms with Crippen LogP contribution in [0.4, 0.5) is 5.69 Å². The predicted octanol–water partition coefficient (Wildman–Crippen LogP) is 2.29. The van der Waals surface area contributed by atoms with Gasteiger partial charge in [-0.1, -0.05) is 0 Å². The number of fused-ring (bicyclic) bond motifs is 1. The number of phenolic OH excluding ortho intramolecular Hbond substituents is 3. The van der Waals surface area contributed by atoms with Crippen LogP contribution in [-0.2, 0) is 19.1 Å². The average molecular weight is 431 g/mol. The molecule has 11 nitrogen and oxygen atoms in total. The third kappa shape index (κ3) is 3.92. The summed E-state index contributed by atoms with van der Waals surface area (Å²) in [5.41, 5.74) is -0.337. The van der Waals surface area contributed by atoms with E-state index in [0.717, 1.165) is 25.3 Å². The van der Waals surface area contributed by atoms with Gasteiger partial charge in [-0.3, -0.25) is 14.9 Å². The van der Waals surface area contributed by atoms with E-state index in [2.05, 4.69) is 4.74 Å². The van der Waals surface area contributed by atoms with Gasteiger partial charge in [-0.05, 0) is 29.8 Å². The van der Waals surface area contributed by atoms with Crippen molar-refractivity contribution >= 4 is 23.7 Å². The molecular formula is C20H17NO10. The molecule has 1 heterocycles. The molecule has 162 valence electrons. The molecule has 31 heavy (non-hydrogen) atoms. The summed E-state index contributed by atoms with van der Waals surface area (Å²) in [7, 11) is 2.31. The Hall–Kier alpha value is -4.28. The van der Waals surface area contributed by atoms with Crippen LogP contribution in [0.15, 0.2) is 30.3 Å². The average Bonchev–Trinajstić information content (AvgIpc) is 3.12. The Kier molecular flexibility index (Phi) is 5.68. The maximum atomic E-state index is 12.6. The van der Waals surface area contributed by atoms with Gasteiger partial charge in [0.25, 0.3) is 5.69 Å². The number of nitro groups is 1. The normalized spacial score (nSPS) is 17.1. The first-order valence-corrected chi connectivity index (χ1v) is 8.75. The molecule has 2 aromatic carbocycles. The smallest absolute Gasteiger partial charge is 0.330 e. The Bertz CT molecular complexity index is 1110. The molecular weight excluding hydrogens is 414 g/mol. The lowest BCUT2D eigenvalue weighted by atomic mass is 9.89. The molecule has 2 atom stereocenters. The molecule has 0 aromatic heterocycles. The fraction of sp³-hybridized carbons (Fsp3) is 0.200. The number of aromatic hydroxyl groups is 3. The highest BCUT2D eigenvalue weighted by Crippen LogP contribution is 2.53. The van der Waals surface area contributed by atoms with Gasteiger partial charge >= 0.3 is 11.9 Å². The number of methoxy groups -OCH3 is 2. The van der Waals surface area contributed by atoms with Crippen molar-refractivity contribution < 1.29 is 44.0 Å². The van der Waals surface area contributed by atoms with Crippen LogP contribution >= 0.6 is 0 Å². The van der Waals surface area contributed by atoms with Crippen LogP contribution in [0.1, 0.15) is 28.7 Å². The Balaban J connectivity index is 2.16. The first-order valence-electron chi connectivity index (χ1n) is 8.75. The topological polar surface area (TPSA) is 166 Å². The molecule has 2 aromatic rings. The molecule has 2 unspecified atom stereocenters. The number of nitro benzene ring substituents is 1. The number of rotatable bonds is 5. The highest BCUT2D eigenvalue weighted by atomic mass is 16.6. The number of carbonyl (C=O) groups excluding carboxylic acids is 2. The summed E-state index contributed by atoms with van der Waals surface area (Å²) < 4.78 is 15.0. The first-order chi connectivity index (χ1) is 14.7. The number of hydrogen-bond acceptors (Lipinski definition) is 10. The summed E-state index contributed by atoms with van der Waals surface area (Å²) in [6.45, 7) is 0. The van der Waals surface area contributed by atoms with E-state index in [1.54, 1.807) is 0 Å². The van der Waals surface area contributed by atoms with Crippen LogP contribution in [0, 0.1) is 10.1 Å². The van der Waals surface area contributed by atoms with Crippen molar-refractivity contribution in [2.75, 3.05) is 14.2 Å². The molecule has 0 saturated heterocycles. The molecule has 0 radical (unpaired) electrons. The van der Waals surface area contributed by atoms with Crippen LogP contribution < -0.4 is 4.74 Å². The summed E-state index contributed by atoms with van der Waals surface area (Å²) >= 11 is 0. The van der Waals surface area contributed by atoms with Crippen LogP contribution in [0.2, 0.25) is 0 Å². The highest BCUT2D eigenvalue weighted by molar-refractivity contribution is 5.88. The van der Waals surface area contributed by atoms with E-state index in [0.29, 0.717) is 5.56 Å². The minimum Gasteiger partial charge on any atom is -0.504 e. The molecule has 1 aliphatic rings. The largest absolute Gasteiger partial charge is 0.504 e. The van der Waals surface area contributed by atoms with Crippen LogP contribution in [0.5, 0.6) is 23.0 Å². The SMILES string of the molecule is COC(=O)/C=C/c1cc(O)c2c(c1)C(C(=O)OC)C(c1cc(O)c(O)cc1[N+](=O)[O-])O2. The Labute approximate surface area is 174 Å². The molecule has 0 fully saturated rings.